The van der Waals surface area contributed by atoms with Crippen LogP contribution in [0.1, 0.15) is 16.7 Å². The number of sulfonamides is 1. The van der Waals surface area contributed by atoms with Gasteiger partial charge in [0.15, 0.2) is 11.7 Å². The van der Waals surface area contributed by atoms with E-state index in [1.54, 1.807) is 18.2 Å². The van der Waals surface area contributed by atoms with E-state index in [0.29, 0.717) is 47.3 Å². The normalized spacial score (nSPS) is 15.6. The molecule has 1 N–H and O–H groups in total. The molecule has 10 heteroatoms. The minimum absolute atomic E-state index is 0.136. The predicted molar refractivity (Wildman–Crippen MR) is 131 cm³/mol. The van der Waals surface area contributed by atoms with Crippen LogP contribution in [0, 0.1) is 20.8 Å². The standard InChI is InChI=1S/C23H28N4O4S2/c1-15-11-16(2)17(3)20(12-15)31-14-22(28)25-23-24-19-6-5-18(13-21(19)32-23)33(29,30)27-9-7-26(4)8-10-27/h5-6,11-13H,7-10,14H2,1-4H3,(H,24,25,28). The van der Waals surface area contributed by atoms with Crippen molar-refractivity contribution >= 4 is 42.6 Å². The average Bonchev–Trinajstić information content (AvgIpc) is 3.17. The number of ether oxygens (including phenoxy) is 1. The molecule has 1 aliphatic rings. The van der Waals surface area contributed by atoms with Gasteiger partial charge in [0.1, 0.15) is 5.75 Å². The molecule has 0 bridgehead atoms. The lowest BCUT2D eigenvalue weighted by atomic mass is 10.1. The van der Waals surface area contributed by atoms with Crippen LogP contribution in [0.2, 0.25) is 0 Å². The van der Waals surface area contributed by atoms with Gasteiger partial charge in [-0.25, -0.2) is 13.4 Å². The fraction of sp³-hybridized carbons (Fsp3) is 0.391. The largest absolute Gasteiger partial charge is 0.483 e. The number of likely N-dealkylation sites (N-methyl/N-ethyl adjacent to an activating group) is 1. The van der Waals surface area contributed by atoms with Gasteiger partial charge in [-0.15, -0.1) is 0 Å². The molecule has 0 radical (unpaired) electrons. The first-order chi connectivity index (χ1) is 15.6. The van der Waals surface area contributed by atoms with E-state index in [9.17, 15) is 13.2 Å². The molecule has 1 aliphatic heterocycles. The highest BCUT2D eigenvalue weighted by atomic mass is 32.2. The van der Waals surface area contributed by atoms with Gasteiger partial charge in [0, 0.05) is 26.2 Å². The van der Waals surface area contributed by atoms with Gasteiger partial charge in [0.2, 0.25) is 10.0 Å². The summed E-state index contributed by atoms with van der Waals surface area (Å²) in [7, 11) is -1.58. The van der Waals surface area contributed by atoms with Crippen molar-refractivity contribution in [2.75, 3.05) is 45.2 Å². The van der Waals surface area contributed by atoms with Crippen molar-refractivity contribution in [2.24, 2.45) is 0 Å². The van der Waals surface area contributed by atoms with Crippen LogP contribution in [0.3, 0.4) is 0 Å². The van der Waals surface area contributed by atoms with Crippen molar-refractivity contribution in [1.82, 2.24) is 14.2 Å². The number of benzene rings is 2. The van der Waals surface area contributed by atoms with Crippen LogP contribution in [0.4, 0.5) is 5.13 Å². The first-order valence-electron chi connectivity index (χ1n) is 10.7. The van der Waals surface area contributed by atoms with E-state index in [1.807, 2.05) is 33.9 Å². The Kier molecular flexibility index (Phi) is 6.71. The summed E-state index contributed by atoms with van der Waals surface area (Å²) in [5.74, 6) is 0.364. The molecule has 2 heterocycles. The summed E-state index contributed by atoms with van der Waals surface area (Å²) in [5, 5.41) is 3.16. The number of amides is 1. The summed E-state index contributed by atoms with van der Waals surface area (Å²) in [4.78, 5) is 19.2. The highest BCUT2D eigenvalue weighted by Crippen LogP contribution is 2.30. The van der Waals surface area contributed by atoms with Crippen LogP contribution in [0.15, 0.2) is 35.2 Å². The van der Waals surface area contributed by atoms with E-state index in [-0.39, 0.29) is 17.4 Å². The Hall–Kier alpha value is -2.53. The van der Waals surface area contributed by atoms with E-state index in [1.165, 1.54) is 15.6 Å². The summed E-state index contributed by atoms with van der Waals surface area (Å²) >= 11 is 1.24. The van der Waals surface area contributed by atoms with Gasteiger partial charge in [-0.3, -0.25) is 10.1 Å². The zero-order valence-corrected chi connectivity index (χ0v) is 20.8. The van der Waals surface area contributed by atoms with Gasteiger partial charge < -0.3 is 9.64 Å². The number of anilines is 1. The number of aromatic nitrogens is 1. The molecular formula is C23H28N4O4S2. The molecule has 3 aromatic rings. The van der Waals surface area contributed by atoms with Crippen molar-refractivity contribution in [1.29, 1.82) is 0 Å². The number of carbonyl (C=O) groups is 1. The van der Waals surface area contributed by atoms with Crippen molar-refractivity contribution in [3.63, 3.8) is 0 Å². The number of nitrogens with zero attached hydrogens (tertiary/aromatic N) is 3. The van der Waals surface area contributed by atoms with Gasteiger partial charge in [-0.05, 0) is 68.8 Å². The number of hydrogen-bond acceptors (Lipinski definition) is 7. The highest BCUT2D eigenvalue weighted by molar-refractivity contribution is 7.89. The maximum atomic E-state index is 13.0. The monoisotopic (exact) mass is 488 g/mol. The summed E-state index contributed by atoms with van der Waals surface area (Å²) < 4.78 is 34.0. The molecule has 1 amide bonds. The minimum atomic E-state index is -3.56. The second-order valence-electron chi connectivity index (χ2n) is 8.40. The lowest BCUT2D eigenvalue weighted by molar-refractivity contribution is -0.118. The molecule has 0 aliphatic carbocycles. The predicted octanol–water partition coefficient (Wildman–Crippen LogP) is 3.18. The van der Waals surface area contributed by atoms with Crippen LogP contribution < -0.4 is 10.1 Å². The molecule has 0 unspecified atom stereocenters. The van der Waals surface area contributed by atoms with Crippen molar-refractivity contribution in [3.05, 3.63) is 47.0 Å². The van der Waals surface area contributed by atoms with Crippen molar-refractivity contribution in [3.8, 4) is 5.75 Å². The average molecular weight is 489 g/mol. The number of rotatable bonds is 6. The molecule has 1 saturated heterocycles. The fourth-order valence-corrected chi connectivity index (χ4v) is 6.19. The fourth-order valence-electron chi connectivity index (χ4n) is 3.75. The number of aryl methyl sites for hydroxylation is 2. The topological polar surface area (TPSA) is 91.8 Å². The van der Waals surface area contributed by atoms with Crippen molar-refractivity contribution < 1.29 is 17.9 Å². The van der Waals surface area contributed by atoms with Crippen LogP contribution >= 0.6 is 11.3 Å². The second-order valence-corrected chi connectivity index (χ2v) is 11.4. The van der Waals surface area contributed by atoms with E-state index >= 15 is 0 Å². The number of hydrogen-bond donors (Lipinski definition) is 1. The Morgan fingerprint density at radius 1 is 1.12 bits per heavy atom. The first kappa shape index (κ1) is 23.6. The lowest BCUT2D eigenvalue weighted by Crippen LogP contribution is -2.46. The number of nitrogens with one attached hydrogen (secondary N) is 1. The van der Waals surface area contributed by atoms with Gasteiger partial charge in [-0.2, -0.15) is 4.31 Å². The maximum Gasteiger partial charge on any atom is 0.264 e. The maximum absolute atomic E-state index is 13.0. The van der Waals surface area contributed by atoms with E-state index in [0.717, 1.165) is 16.7 Å². The van der Waals surface area contributed by atoms with E-state index in [4.69, 9.17) is 4.74 Å². The van der Waals surface area contributed by atoms with Gasteiger partial charge in [0.25, 0.3) is 5.91 Å². The lowest BCUT2D eigenvalue weighted by Gasteiger charge is -2.31. The smallest absolute Gasteiger partial charge is 0.264 e. The third kappa shape index (κ3) is 5.19. The van der Waals surface area contributed by atoms with E-state index < -0.39 is 10.0 Å². The van der Waals surface area contributed by atoms with Gasteiger partial charge in [-0.1, -0.05) is 17.4 Å². The highest BCUT2D eigenvalue weighted by Gasteiger charge is 2.28. The Morgan fingerprint density at radius 2 is 1.85 bits per heavy atom. The number of carbonyl (C=O) groups excluding carboxylic acids is 1. The molecule has 1 fully saturated rings. The molecule has 0 atom stereocenters. The SMILES string of the molecule is Cc1cc(C)c(C)c(OCC(=O)Nc2nc3ccc(S(=O)(=O)N4CCN(C)CC4)cc3s2)c1. The molecule has 176 valence electrons. The second kappa shape index (κ2) is 9.38. The molecule has 0 saturated carbocycles. The number of thiazole rings is 1. The zero-order chi connectivity index (χ0) is 23.8. The summed E-state index contributed by atoms with van der Waals surface area (Å²) in [6, 6.07) is 8.87. The zero-order valence-electron chi connectivity index (χ0n) is 19.2. The third-order valence-electron chi connectivity index (χ3n) is 5.83. The Balaban J connectivity index is 1.45. The molecule has 33 heavy (non-hydrogen) atoms. The van der Waals surface area contributed by atoms with Gasteiger partial charge >= 0.3 is 0 Å². The minimum Gasteiger partial charge on any atom is -0.483 e. The van der Waals surface area contributed by atoms with Gasteiger partial charge in [0.05, 0.1) is 15.1 Å². The molecule has 1 aromatic heterocycles. The number of piperazine rings is 1. The molecular weight excluding hydrogens is 460 g/mol. The van der Waals surface area contributed by atoms with Crippen LogP contribution in [0.25, 0.3) is 10.2 Å². The summed E-state index contributed by atoms with van der Waals surface area (Å²) in [6.07, 6.45) is 0. The Bertz CT molecular complexity index is 1300. The first-order valence-corrected chi connectivity index (χ1v) is 13.0. The quantitative estimate of drug-likeness (QED) is 0.573. The van der Waals surface area contributed by atoms with Crippen LogP contribution in [-0.2, 0) is 14.8 Å². The molecule has 8 nitrogen and oxygen atoms in total. The van der Waals surface area contributed by atoms with Crippen molar-refractivity contribution in [2.45, 2.75) is 25.7 Å². The van der Waals surface area contributed by atoms with E-state index in [2.05, 4.69) is 21.3 Å². The Labute approximate surface area is 198 Å². The third-order valence-corrected chi connectivity index (χ3v) is 8.66. The number of fused-ring (bicyclic) bond motifs is 1. The summed E-state index contributed by atoms with van der Waals surface area (Å²) in [5.41, 5.74) is 3.82. The summed E-state index contributed by atoms with van der Waals surface area (Å²) in [6.45, 7) is 8.19. The Morgan fingerprint density at radius 3 is 2.58 bits per heavy atom. The molecule has 2 aromatic carbocycles. The molecule has 4 rings (SSSR count). The molecule has 0 spiro atoms. The van der Waals surface area contributed by atoms with Crippen LogP contribution in [-0.4, -0.2) is 68.3 Å². The van der Waals surface area contributed by atoms with Crippen LogP contribution in [0.5, 0.6) is 5.75 Å².